The molecular formula is C20H19FN2O2. The van der Waals surface area contributed by atoms with E-state index in [-0.39, 0.29) is 17.7 Å². The molecule has 0 spiro atoms. The van der Waals surface area contributed by atoms with Crippen molar-refractivity contribution in [1.82, 2.24) is 10.3 Å². The van der Waals surface area contributed by atoms with Gasteiger partial charge in [0.15, 0.2) is 0 Å². The Morgan fingerprint density at radius 1 is 1.12 bits per heavy atom. The topological polar surface area (TPSA) is 62.0 Å². The van der Waals surface area contributed by atoms with Gasteiger partial charge in [0.2, 0.25) is 0 Å². The fourth-order valence-corrected chi connectivity index (χ4v) is 2.86. The minimum absolute atomic E-state index is 0.00129. The zero-order chi connectivity index (χ0) is 18.0. The molecule has 0 radical (unpaired) electrons. The van der Waals surface area contributed by atoms with Gasteiger partial charge < -0.3 is 10.3 Å². The first-order valence-electron chi connectivity index (χ1n) is 8.12. The summed E-state index contributed by atoms with van der Waals surface area (Å²) < 4.78 is 13.6. The highest BCUT2D eigenvalue weighted by Crippen LogP contribution is 2.19. The number of hydrogen-bond donors (Lipinski definition) is 2. The van der Waals surface area contributed by atoms with Gasteiger partial charge in [0, 0.05) is 17.5 Å². The number of benzene rings is 2. The number of aryl methyl sites for hydroxylation is 2. The van der Waals surface area contributed by atoms with Gasteiger partial charge >= 0.3 is 0 Å². The Balaban J connectivity index is 1.77. The van der Waals surface area contributed by atoms with Crippen molar-refractivity contribution in [3.63, 3.8) is 0 Å². The summed E-state index contributed by atoms with van der Waals surface area (Å²) in [6, 6.07) is 11.7. The molecule has 3 aromatic rings. The highest BCUT2D eigenvalue weighted by atomic mass is 19.1. The Hall–Kier alpha value is -2.95. The number of pyridine rings is 1. The van der Waals surface area contributed by atoms with Gasteiger partial charge in [-0.15, -0.1) is 0 Å². The molecule has 0 fully saturated rings. The number of rotatable bonds is 4. The largest absolute Gasteiger partial charge is 0.352 e. The van der Waals surface area contributed by atoms with Crippen molar-refractivity contribution in [2.75, 3.05) is 6.54 Å². The number of nitrogens with one attached hydrogen (secondary N) is 2. The van der Waals surface area contributed by atoms with Crippen molar-refractivity contribution >= 4 is 16.8 Å². The van der Waals surface area contributed by atoms with Crippen molar-refractivity contribution in [1.29, 1.82) is 0 Å². The van der Waals surface area contributed by atoms with Crippen LogP contribution in [0.2, 0.25) is 0 Å². The minimum Gasteiger partial charge on any atom is -0.352 e. The maximum absolute atomic E-state index is 13.6. The molecular weight excluding hydrogens is 319 g/mol. The lowest BCUT2D eigenvalue weighted by Gasteiger charge is -2.09. The van der Waals surface area contributed by atoms with Gasteiger partial charge in [0.05, 0.1) is 11.1 Å². The van der Waals surface area contributed by atoms with Crippen molar-refractivity contribution < 1.29 is 9.18 Å². The molecule has 3 rings (SSSR count). The molecule has 5 heteroatoms. The van der Waals surface area contributed by atoms with Crippen molar-refractivity contribution in [2.24, 2.45) is 0 Å². The van der Waals surface area contributed by atoms with Crippen LogP contribution in [0.15, 0.2) is 47.3 Å². The third-order valence-electron chi connectivity index (χ3n) is 4.32. The van der Waals surface area contributed by atoms with E-state index < -0.39 is 11.7 Å². The Kier molecular flexibility index (Phi) is 4.65. The summed E-state index contributed by atoms with van der Waals surface area (Å²) in [4.78, 5) is 27.2. The summed E-state index contributed by atoms with van der Waals surface area (Å²) in [5.74, 6) is -1.04. The first-order valence-corrected chi connectivity index (χ1v) is 8.12. The zero-order valence-electron chi connectivity index (χ0n) is 14.2. The zero-order valence-corrected chi connectivity index (χ0v) is 14.2. The minimum atomic E-state index is -0.561. The van der Waals surface area contributed by atoms with Crippen LogP contribution in [-0.2, 0) is 6.42 Å². The molecule has 0 saturated heterocycles. The normalized spacial score (nSPS) is 10.8. The number of hydrogen-bond acceptors (Lipinski definition) is 2. The van der Waals surface area contributed by atoms with E-state index in [1.54, 1.807) is 6.07 Å². The van der Waals surface area contributed by atoms with E-state index in [0.29, 0.717) is 12.0 Å². The average molecular weight is 338 g/mol. The molecule has 0 aliphatic rings. The molecule has 0 unspecified atom stereocenters. The van der Waals surface area contributed by atoms with Crippen molar-refractivity contribution in [3.8, 4) is 0 Å². The maximum atomic E-state index is 13.6. The van der Waals surface area contributed by atoms with E-state index in [0.717, 1.165) is 22.0 Å². The molecule has 0 aliphatic carbocycles. The van der Waals surface area contributed by atoms with Crippen LogP contribution < -0.4 is 10.9 Å². The Morgan fingerprint density at radius 2 is 1.84 bits per heavy atom. The second-order valence-electron chi connectivity index (χ2n) is 6.10. The third-order valence-corrected chi connectivity index (χ3v) is 4.32. The maximum Gasteiger partial charge on any atom is 0.254 e. The number of carbonyl (C=O) groups excluding carboxylic acids is 1. The number of H-pyrrole nitrogens is 1. The van der Waals surface area contributed by atoms with Gasteiger partial charge in [0.1, 0.15) is 5.82 Å². The molecule has 4 nitrogen and oxygen atoms in total. The smallest absolute Gasteiger partial charge is 0.254 e. The third kappa shape index (κ3) is 3.45. The molecule has 128 valence electrons. The summed E-state index contributed by atoms with van der Waals surface area (Å²) in [7, 11) is 0. The number of halogens is 1. The highest BCUT2D eigenvalue weighted by molar-refractivity contribution is 5.94. The van der Waals surface area contributed by atoms with Crippen LogP contribution in [0.25, 0.3) is 10.9 Å². The van der Waals surface area contributed by atoms with Crippen LogP contribution in [0.3, 0.4) is 0 Å². The summed E-state index contributed by atoms with van der Waals surface area (Å²) in [6.45, 7) is 4.20. The monoisotopic (exact) mass is 338 g/mol. The number of fused-ring (bicyclic) bond motifs is 1. The van der Waals surface area contributed by atoms with Gasteiger partial charge in [0.25, 0.3) is 11.5 Å². The Labute approximate surface area is 144 Å². The van der Waals surface area contributed by atoms with Crippen molar-refractivity contribution in [3.05, 3.63) is 80.9 Å². The Morgan fingerprint density at radius 3 is 2.60 bits per heavy atom. The predicted octanol–water partition coefficient (Wildman–Crippen LogP) is 3.26. The quantitative estimate of drug-likeness (QED) is 0.767. The molecule has 1 aromatic heterocycles. The van der Waals surface area contributed by atoms with Gasteiger partial charge in [-0.05, 0) is 49.6 Å². The molecule has 1 amide bonds. The number of carbonyl (C=O) groups is 1. The molecule has 25 heavy (non-hydrogen) atoms. The highest BCUT2D eigenvalue weighted by Gasteiger charge is 2.11. The lowest BCUT2D eigenvalue weighted by atomic mass is 10.0. The first kappa shape index (κ1) is 16.9. The van der Waals surface area contributed by atoms with Crippen LogP contribution in [0.5, 0.6) is 0 Å². The summed E-state index contributed by atoms with van der Waals surface area (Å²) >= 11 is 0. The standard InChI is InChI=1S/C20H19FN2O2/c1-12-7-8-13(2)18-16(12)11-14(19(24)23-18)9-10-22-20(25)15-5-3-4-6-17(15)21/h3-8,11H,9-10H2,1-2H3,(H,22,25)(H,23,24). The summed E-state index contributed by atoms with van der Waals surface area (Å²) in [6.07, 6.45) is 0.374. The van der Waals surface area contributed by atoms with Gasteiger partial charge in [-0.2, -0.15) is 0 Å². The number of aromatic nitrogens is 1. The molecule has 0 atom stereocenters. The molecule has 2 aromatic carbocycles. The van der Waals surface area contributed by atoms with E-state index in [1.807, 2.05) is 32.0 Å². The van der Waals surface area contributed by atoms with Crippen LogP contribution in [0.1, 0.15) is 27.0 Å². The number of aromatic amines is 1. The predicted molar refractivity (Wildman–Crippen MR) is 96.5 cm³/mol. The number of amides is 1. The van der Waals surface area contributed by atoms with Crippen LogP contribution in [0, 0.1) is 19.7 Å². The SMILES string of the molecule is Cc1ccc(C)c2[nH]c(=O)c(CCNC(=O)c3ccccc3F)cc12. The molecule has 0 bridgehead atoms. The van der Waals surface area contributed by atoms with E-state index in [9.17, 15) is 14.0 Å². The van der Waals surface area contributed by atoms with Crippen LogP contribution >= 0.6 is 0 Å². The second-order valence-corrected chi connectivity index (χ2v) is 6.10. The van der Waals surface area contributed by atoms with E-state index in [4.69, 9.17) is 0 Å². The first-order chi connectivity index (χ1) is 12.0. The molecule has 0 saturated carbocycles. The Bertz CT molecular complexity index is 1010. The molecule has 0 aliphatic heterocycles. The van der Waals surface area contributed by atoms with E-state index in [2.05, 4.69) is 10.3 Å². The fraction of sp³-hybridized carbons (Fsp3) is 0.200. The van der Waals surface area contributed by atoms with Crippen molar-refractivity contribution in [2.45, 2.75) is 20.3 Å². The molecule has 1 heterocycles. The van der Waals surface area contributed by atoms with Crippen LogP contribution in [0.4, 0.5) is 4.39 Å². The summed E-state index contributed by atoms with van der Waals surface area (Å²) in [5.41, 5.74) is 3.35. The van der Waals surface area contributed by atoms with Gasteiger partial charge in [-0.3, -0.25) is 9.59 Å². The lowest BCUT2D eigenvalue weighted by molar-refractivity contribution is 0.0950. The van der Waals surface area contributed by atoms with E-state index >= 15 is 0 Å². The van der Waals surface area contributed by atoms with Gasteiger partial charge in [-0.25, -0.2) is 4.39 Å². The summed E-state index contributed by atoms with van der Waals surface area (Å²) in [5, 5.41) is 3.65. The van der Waals surface area contributed by atoms with Gasteiger partial charge in [-0.1, -0.05) is 24.3 Å². The fourth-order valence-electron chi connectivity index (χ4n) is 2.86. The lowest BCUT2D eigenvalue weighted by Crippen LogP contribution is -2.28. The van der Waals surface area contributed by atoms with E-state index in [1.165, 1.54) is 18.2 Å². The second kappa shape index (κ2) is 6.89. The molecule has 2 N–H and O–H groups in total. The van der Waals surface area contributed by atoms with Crippen LogP contribution in [-0.4, -0.2) is 17.4 Å². The average Bonchev–Trinajstić information content (AvgIpc) is 2.59.